The summed E-state index contributed by atoms with van der Waals surface area (Å²) in [7, 11) is 0. The maximum absolute atomic E-state index is 12.9. The molecule has 1 atom stereocenters. The van der Waals surface area contributed by atoms with E-state index in [1.807, 2.05) is 30.3 Å². The first kappa shape index (κ1) is 23.9. The van der Waals surface area contributed by atoms with Gasteiger partial charge in [-0.3, -0.25) is 9.59 Å². The Bertz CT molecular complexity index is 986. The van der Waals surface area contributed by atoms with Gasteiger partial charge in [0.2, 0.25) is 12.7 Å². The summed E-state index contributed by atoms with van der Waals surface area (Å²) < 4.78 is 21.1. The Morgan fingerprint density at radius 3 is 2.48 bits per heavy atom. The standard InChI is InChI=1S/C24H28N2O7/c1-24(2,3)33-21(27)12-10-18(26-23(29)30-14-16-7-5-4-6-8-16)22(28)25-17-9-11-19-20(13-17)32-15-31-19/h4-9,11,13,18H,10,12,14-15H2,1-3H3,(H,25,28)(H,26,29)/t18-/m0/s1. The molecule has 2 aromatic carbocycles. The van der Waals surface area contributed by atoms with Crippen molar-refractivity contribution in [2.24, 2.45) is 0 Å². The first-order valence-electron chi connectivity index (χ1n) is 10.6. The summed E-state index contributed by atoms with van der Waals surface area (Å²) in [5, 5.41) is 5.27. The number of amides is 2. The van der Waals surface area contributed by atoms with Crippen molar-refractivity contribution in [3.05, 3.63) is 54.1 Å². The lowest BCUT2D eigenvalue weighted by atomic mass is 10.1. The predicted octanol–water partition coefficient (Wildman–Crippen LogP) is 3.77. The molecule has 1 heterocycles. The monoisotopic (exact) mass is 456 g/mol. The minimum atomic E-state index is -1.02. The Hall–Kier alpha value is -3.75. The van der Waals surface area contributed by atoms with Gasteiger partial charge in [0, 0.05) is 18.2 Å². The van der Waals surface area contributed by atoms with Crippen LogP contribution < -0.4 is 20.1 Å². The van der Waals surface area contributed by atoms with Gasteiger partial charge in [-0.25, -0.2) is 4.79 Å². The zero-order valence-electron chi connectivity index (χ0n) is 18.9. The zero-order chi connectivity index (χ0) is 23.8. The van der Waals surface area contributed by atoms with E-state index in [0.29, 0.717) is 17.2 Å². The fraction of sp³-hybridized carbons (Fsp3) is 0.375. The number of hydrogen-bond donors (Lipinski definition) is 2. The fourth-order valence-electron chi connectivity index (χ4n) is 3.03. The molecule has 0 aromatic heterocycles. The molecule has 0 radical (unpaired) electrons. The quantitative estimate of drug-likeness (QED) is 0.582. The van der Waals surface area contributed by atoms with Crippen LogP contribution in [0.1, 0.15) is 39.2 Å². The highest BCUT2D eigenvalue weighted by Crippen LogP contribution is 2.34. The van der Waals surface area contributed by atoms with Gasteiger partial charge in [0.25, 0.3) is 0 Å². The average molecular weight is 456 g/mol. The van der Waals surface area contributed by atoms with Crippen LogP contribution >= 0.6 is 0 Å². The van der Waals surface area contributed by atoms with Crippen LogP contribution in [0.4, 0.5) is 10.5 Å². The first-order valence-corrected chi connectivity index (χ1v) is 10.6. The molecule has 0 spiro atoms. The van der Waals surface area contributed by atoms with E-state index in [9.17, 15) is 14.4 Å². The maximum Gasteiger partial charge on any atom is 0.408 e. The average Bonchev–Trinajstić information content (AvgIpc) is 3.22. The lowest BCUT2D eigenvalue weighted by Gasteiger charge is -2.21. The Kier molecular flexibility index (Phi) is 7.76. The van der Waals surface area contributed by atoms with Crippen molar-refractivity contribution in [1.82, 2.24) is 5.32 Å². The normalized spacial score (nSPS) is 13.1. The number of anilines is 1. The molecular weight excluding hydrogens is 428 g/mol. The van der Waals surface area contributed by atoms with Crippen molar-refractivity contribution in [3.8, 4) is 11.5 Å². The van der Waals surface area contributed by atoms with Crippen molar-refractivity contribution >= 4 is 23.7 Å². The molecule has 0 unspecified atom stereocenters. The van der Waals surface area contributed by atoms with Gasteiger partial charge in [0.05, 0.1) is 0 Å². The second kappa shape index (κ2) is 10.7. The molecule has 0 fully saturated rings. The number of nitrogens with one attached hydrogen (secondary N) is 2. The Labute approximate surface area is 192 Å². The third-order valence-corrected chi connectivity index (χ3v) is 4.52. The minimum absolute atomic E-state index is 0.0335. The van der Waals surface area contributed by atoms with Gasteiger partial charge in [0.15, 0.2) is 11.5 Å². The van der Waals surface area contributed by atoms with Crippen LogP contribution in [0.2, 0.25) is 0 Å². The summed E-state index contributed by atoms with van der Waals surface area (Å²) in [5.41, 5.74) is 0.623. The molecule has 0 saturated heterocycles. The van der Waals surface area contributed by atoms with Crippen LogP contribution in [0.25, 0.3) is 0 Å². The molecule has 1 aliphatic rings. The molecule has 33 heavy (non-hydrogen) atoms. The van der Waals surface area contributed by atoms with Gasteiger partial charge in [-0.2, -0.15) is 0 Å². The van der Waals surface area contributed by atoms with E-state index in [1.165, 1.54) is 0 Å². The highest BCUT2D eigenvalue weighted by molar-refractivity contribution is 5.97. The smallest absolute Gasteiger partial charge is 0.408 e. The maximum atomic E-state index is 12.9. The van der Waals surface area contributed by atoms with E-state index in [1.54, 1.807) is 39.0 Å². The van der Waals surface area contributed by atoms with E-state index in [4.69, 9.17) is 18.9 Å². The lowest BCUT2D eigenvalue weighted by molar-refractivity contribution is -0.155. The van der Waals surface area contributed by atoms with E-state index < -0.39 is 29.6 Å². The second-order valence-corrected chi connectivity index (χ2v) is 8.44. The highest BCUT2D eigenvalue weighted by Gasteiger charge is 2.25. The number of hydrogen-bond acceptors (Lipinski definition) is 7. The van der Waals surface area contributed by atoms with Crippen LogP contribution in [0.15, 0.2) is 48.5 Å². The zero-order valence-corrected chi connectivity index (χ0v) is 18.9. The number of ether oxygens (including phenoxy) is 4. The van der Waals surface area contributed by atoms with Crippen molar-refractivity contribution < 1.29 is 33.3 Å². The molecular formula is C24H28N2O7. The summed E-state index contributed by atoms with van der Waals surface area (Å²) in [4.78, 5) is 37.4. The van der Waals surface area contributed by atoms with Crippen LogP contribution in [0, 0.1) is 0 Å². The summed E-state index contributed by atoms with van der Waals surface area (Å²) in [6.45, 7) is 5.44. The highest BCUT2D eigenvalue weighted by atomic mass is 16.7. The number of fused-ring (bicyclic) bond motifs is 1. The van der Waals surface area contributed by atoms with Crippen molar-refractivity contribution in [1.29, 1.82) is 0 Å². The lowest BCUT2D eigenvalue weighted by Crippen LogP contribution is -2.44. The minimum Gasteiger partial charge on any atom is -0.460 e. The van der Waals surface area contributed by atoms with Gasteiger partial charge < -0.3 is 29.6 Å². The van der Waals surface area contributed by atoms with E-state index >= 15 is 0 Å². The third-order valence-electron chi connectivity index (χ3n) is 4.52. The molecule has 0 bridgehead atoms. The Morgan fingerprint density at radius 1 is 1.03 bits per heavy atom. The topological polar surface area (TPSA) is 112 Å². The van der Waals surface area contributed by atoms with Crippen LogP contribution in [0.5, 0.6) is 11.5 Å². The van der Waals surface area contributed by atoms with Gasteiger partial charge in [0.1, 0.15) is 18.2 Å². The number of rotatable bonds is 8. The fourth-order valence-corrected chi connectivity index (χ4v) is 3.03. The summed E-state index contributed by atoms with van der Waals surface area (Å²) in [5.74, 6) is 0.113. The van der Waals surface area contributed by atoms with Crippen LogP contribution in [0.3, 0.4) is 0 Å². The second-order valence-electron chi connectivity index (χ2n) is 8.44. The SMILES string of the molecule is CC(C)(C)OC(=O)CC[C@H](NC(=O)OCc1ccccc1)C(=O)Nc1ccc2c(c1)OCO2. The Balaban J connectivity index is 1.62. The number of alkyl carbamates (subject to hydrolysis) is 1. The van der Waals surface area contributed by atoms with Gasteiger partial charge in [-0.15, -0.1) is 0 Å². The molecule has 2 aromatic rings. The number of carbonyl (C=O) groups excluding carboxylic acids is 3. The van der Waals surface area contributed by atoms with Gasteiger partial charge in [-0.1, -0.05) is 30.3 Å². The molecule has 3 rings (SSSR count). The Morgan fingerprint density at radius 2 is 1.76 bits per heavy atom. The summed E-state index contributed by atoms with van der Waals surface area (Å²) in [6, 6.07) is 13.1. The predicted molar refractivity (Wildman–Crippen MR) is 120 cm³/mol. The number of esters is 1. The first-order chi connectivity index (χ1) is 15.7. The molecule has 9 nitrogen and oxygen atoms in total. The molecule has 2 amide bonds. The van der Waals surface area contributed by atoms with E-state index in [0.717, 1.165) is 5.56 Å². The largest absolute Gasteiger partial charge is 0.460 e. The van der Waals surface area contributed by atoms with Crippen molar-refractivity contribution in [2.75, 3.05) is 12.1 Å². The third kappa shape index (κ3) is 7.71. The molecule has 1 aliphatic heterocycles. The molecule has 176 valence electrons. The van der Waals surface area contributed by atoms with Crippen LogP contribution in [-0.4, -0.2) is 36.4 Å². The van der Waals surface area contributed by atoms with Gasteiger partial charge >= 0.3 is 12.1 Å². The van der Waals surface area contributed by atoms with E-state index in [2.05, 4.69) is 10.6 Å². The molecule has 2 N–H and O–H groups in total. The summed E-state index contributed by atoms with van der Waals surface area (Å²) in [6.07, 6.45) is -0.796. The van der Waals surface area contributed by atoms with Crippen molar-refractivity contribution in [3.63, 3.8) is 0 Å². The molecule has 0 saturated carbocycles. The van der Waals surface area contributed by atoms with E-state index in [-0.39, 0.29) is 26.2 Å². The molecule has 0 aliphatic carbocycles. The number of carbonyl (C=O) groups is 3. The molecule has 9 heteroatoms. The summed E-state index contributed by atoms with van der Waals surface area (Å²) >= 11 is 0. The van der Waals surface area contributed by atoms with Crippen LogP contribution in [-0.2, 0) is 25.7 Å². The van der Waals surface area contributed by atoms with Gasteiger partial charge in [-0.05, 0) is 44.9 Å². The number of benzene rings is 2. The van der Waals surface area contributed by atoms with Crippen molar-refractivity contribution in [2.45, 2.75) is 51.9 Å².